The molecule has 0 unspecified atom stereocenters. The van der Waals surface area contributed by atoms with Crippen molar-refractivity contribution >= 4 is 5.82 Å². The van der Waals surface area contributed by atoms with Crippen LogP contribution in [0.3, 0.4) is 0 Å². The monoisotopic (exact) mass is 287 g/mol. The zero-order valence-electron chi connectivity index (χ0n) is 12.3. The zero-order chi connectivity index (χ0) is 14.5. The largest absolute Gasteiger partial charge is 0.424 e. The van der Waals surface area contributed by atoms with Crippen molar-refractivity contribution in [2.75, 3.05) is 24.5 Å². The number of rotatable bonds is 5. The summed E-state index contributed by atoms with van der Waals surface area (Å²) >= 11 is 0. The number of anilines is 1. The molecule has 0 aromatic carbocycles. The summed E-state index contributed by atoms with van der Waals surface area (Å²) in [7, 11) is 0. The third-order valence-electron chi connectivity index (χ3n) is 3.83. The molecule has 1 aliphatic rings. The van der Waals surface area contributed by atoms with E-state index in [1.807, 2.05) is 18.3 Å². The minimum absolute atomic E-state index is 0.368. The summed E-state index contributed by atoms with van der Waals surface area (Å²) in [6.45, 7) is 5.57. The molecule has 0 saturated carbocycles. The molecule has 1 saturated heterocycles. The first-order chi connectivity index (χ1) is 10.4. The van der Waals surface area contributed by atoms with Gasteiger partial charge in [0.1, 0.15) is 5.82 Å². The number of aromatic nitrogens is 3. The van der Waals surface area contributed by atoms with E-state index < -0.39 is 0 Å². The maximum absolute atomic E-state index is 5.75. The van der Waals surface area contributed by atoms with Crippen LogP contribution in [0.2, 0.25) is 0 Å². The number of hydrogen-bond donors (Lipinski definition) is 1. The Labute approximate surface area is 124 Å². The van der Waals surface area contributed by atoms with E-state index in [0.29, 0.717) is 18.4 Å². The standard InChI is InChI=1S/C15H21N5O/c1-2-16-11-14-18-19-15(21-14)12-6-9-20(10-7-12)13-5-3-4-8-17-13/h3-5,8,12,16H,2,6-7,9-11H2,1H3. The van der Waals surface area contributed by atoms with Gasteiger partial charge in [0.25, 0.3) is 0 Å². The predicted molar refractivity (Wildman–Crippen MR) is 80.1 cm³/mol. The number of pyridine rings is 1. The maximum atomic E-state index is 5.75. The summed E-state index contributed by atoms with van der Waals surface area (Å²) < 4.78 is 5.75. The Morgan fingerprint density at radius 2 is 2.14 bits per heavy atom. The van der Waals surface area contributed by atoms with Crippen LogP contribution in [0, 0.1) is 0 Å². The number of piperidine rings is 1. The number of nitrogens with one attached hydrogen (secondary N) is 1. The van der Waals surface area contributed by atoms with Crippen molar-refractivity contribution in [1.29, 1.82) is 0 Å². The molecule has 0 bridgehead atoms. The molecule has 0 amide bonds. The second kappa shape index (κ2) is 6.67. The van der Waals surface area contributed by atoms with Gasteiger partial charge in [-0.2, -0.15) is 0 Å². The fourth-order valence-corrected chi connectivity index (χ4v) is 2.63. The Balaban J connectivity index is 1.57. The van der Waals surface area contributed by atoms with Crippen molar-refractivity contribution in [3.63, 3.8) is 0 Å². The van der Waals surface area contributed by atoms with E-state index in [1.165, 1.54) is 0 Å². The van der Waals surface area contributed by atoms with E-state index in [2.05, 4.69) is 38.4 Å². The number of hydrogen-bond acceptors (Lipinski definition) is 6. The molecule has 0 radical (unpaired) electrons. The Morgan fingerprint density at radius 3 is 2.86 bits per heavy atom. The highest BCUT2D eigenvalue weighted by Gasteiger charge is 2.25. The normalized spacial score (nSPS) is 16.3. The molecule has 1 fully saturated rings. The minimum atomic E-state index is 0.368. The number of nitrogens with zero attached hydrogens (tertiary/aromatic N) is 4. The van der Waals surface area contributed by atoms with E-state index in [4.69, 9.17) is 4.42 Å². The van der Waals surface area contributed by atoms with Crippen molar-refractivity contribution < 1.29 is 4.42 Å². The lowest BCUT2D eigenvalue weighted by Gasteiger charge is -2.31. The predicted octanol–water partition coefficient (Wildman–Crippen LogP) is 1.96. The first kappa shape index (κ1) is 14.0. The van der Waals surface area contributed by atoms with Crippen molar-refractivity contribution in [1.82, 2.24) is 20.5 Å². The zero-order valence-corrected chi connectivity index (χ0v) is 12.3. The molecule has 2 aromatic rings. The Kier molecular flexibility index (Phi) is 4.45. The van der Waals surface area contributed by atoms with Gasteiger partial charge in [0, 0.05) is 25.2 Å². The van der Waals surface area contributed by atoms with Gasteiger partial charge in [-0.15, -0.1) is 10.2 Å². The second-order valence-electron chi connectivity index (χ2n) is 5.26. The molecule has 0 spiro atoms. The van der Waals surface area contributed by atoms with Crippen LogP contribution >= 0.6 is 0 Å². The molecule has 112 valence electrons. The highest BCUT2D eigenvalue weighted by atomic mass is 16.4. The van der Waals surface area contributed by atoms with E-state index >= 15 is 0 Å². The summed E-state index contributed by atoms with van der Waals surface area (Å²) in [4.78, 5) is 6.72. The van der Waals surface area contributed by atoms with Crippen LogP contribution in [-0.2, 0) is 6.54 Å². The molecule has 3 rings (SSSR count). The van der Waals surface area contributed by atoms with E-state index in [9.17, 15) is 0 Å². The minimum Gasteiger partial charge on any atom is -0.424 e. The first-order valence-electron chi connectivity index (χ1n) is 7.55. The Morgan fingerprint density at radius 1 is 1.29 bits per heavy atom. The highest BCUT2D eigenvalue weighted by molar-refractivity contribution is 5.38. The summed E-state index contributed by atoms with van der Waals surface area (Å²) in [5.41, 5.74) is 0. The SMILES string of the molecule is CCNCc1nnc(C2CCN(c3ccccn3)CC2)o1. The molecule has 21 heavy (non-hydrogen) atoms. The average molecular weight is 287 g/mol. The molecule has 0 aliphatic carbocycles. The molecule has 6 nitrogen and oxygen atoms in total. The Hall–Kier alpha value is -1.95. The molecule has 1 N–H and O–H groups in total. The lowest BCUT2D eigenvalue weighted by Crippen LogP contribution is -2.33. The maximum Gasteiger partial charge on any atom is 0.230 e. The van der Waals surface area contributed by atoms with Gasteiger partial charge in [-0.1, -0.05) is 13.0 Å². The van der Waals surface area contributed by atoms with Gasteiger partial charge in [-0.05, 0) is 31.5 Å². The fraction of sp³-hybridized carbons (Fsp3) is 0.533. The van der Waals surface area contributed by atoms with Crippen LogP contribution in [-0.4, -0.2) is 34.8 Å². The Bertz CT molecular complexity index is 548. The van der Waals surface area contributed by atoms with Gasteiger partial charge in [0.15, 0.2) is 0 Å². The van der Waals surface area contributed by atoms with Gasteiger partial charge < -0.3 is 14.6 Å². The van der Waals surface area contributed by atoms with Crippen molar-refractivity contribution in [2.45, 2.75) is 32.2 Å². The van der Waals surface area contributed by atoms with Gasteiger partial charge in [0.05, 0.1) is 6.54 Å². The summed E-state index contributed by atoms with van der Waals surface area (Å²) in [6, 6.07) is 6.03. The average Bonchev–Trinajstić information content (AvgIpc) is 3.03. The topological polar surface area (TPSA) is 67.1 Å². The molecule has 2 aromatic heterocycles. The van der Waals surface area contributed by atoms with Crippen LogP contribution in [0.5, 0.6) is 0 Å². The van der Waals surface area contributed by atoms with Crippen LogP contribution < -0.4 is 10.2 Å². The fourth-order valence-electron chi connectivity index (χ4n) is 2.63. The summed E-state index contributed by atoms with van der Waals surface area (Å²) in [5, 5.41) is 11.5. The van der Waals surface area contributed by atoms with Crippen LogP contribution in [0.1, 0.15) is 37.5 Å². The molecular formula is C15H21N5O. The highest BCUT2D eigenvalue weighted by Crippen LogP contribution is 2.28. The van der Waals surface area contributed by atoms with Crippen LogP contribution in [0.25, 0.3) is 0 Å². The van der Waals surface area contributed by atoms with Crippen molar-refractivity contribution in [2.24, 2.45) is 0 Å². The van der Waals surface area contributed by atoms with E-state index in [1.54, 1.807) is 0 Å². The molecular weight excluding hydrogens is 266 g/mol. The molecule has 6 heteroatoms. The van der Waals surface area contributed by atoms with Gasteiger partial charge in [-0.25, -0.2) is 4.98 Å². The van der Waals surface area contributed by atoms with Crippen LogP contribution in [0.4, 0.5) is 5.82 Å². The second-order valence-corrected chi connectivity index (χ2v) is 5.26. The lowest BCUT2D eigenvalue weighted by atomic mass is 9.97. The van der Waals surface area contributed by atoms with Crippen LogP contribution in [0.15, 0.2) is 28.8 Å². The summed E-state index contributed by atoms with van der Waals surface area (Å²) in [6.07, 6.45) is 3.89. The van der Waals surface area contributed by atoms with Gasteiger partial charge >= 0.3 is 0 Å². The summed E-state index contributed by atoms with van der Waals surface area (Å²) in [5.74, 6) is 2.88. The third kappa shape index (κ3) is 3.39. The lowest BCUT2D eigenvalue weighted by molar-refractivity contribution is 0.370. The molecule has 3 heterocycles. The molecule has 0 atom stereocenters. The quantitative estimate of drug-likeness (QED) is 0.906. The third-order valence-corrected chi connectivity index (χ3v) is 3.83. The smallest absolute Gasteiger partial charge is 0.230 e. The molecule has 1 aliphatic heterocycles. The van der Waals surface area contributed by atoms with Gasteiger partial charge in [0.2, 0.25) is 11.8 Å². The van der Waals surface area contributed by atoms with E-state index in [0.717, 1.165) is 44.2 Å². The van der Waals surface area contributed by atoms with Gasteiger partial charge in [-0.3, -0.25) is 0 Å². The van der Waals surface area contributed by atoms with Crippen molar-refractivity contribution in [3.8, 4) is 0 Å². The van der Waals surface area contributed by atoms with Crippen molar-refractivity contribution in [3.05, 3.63) is 36.2 Å². The van der Waals surface area contributed by atoms with E-state index in [-0.39, 0.29) is 0 Å². The first-order valence-corrected chi connectivity index (χ1v) is 7.55.